The number of nitrogens with two attached hydrogens (primary N) is 1. The van der Waals surface area contributed by atoms with Gasteiger partial charge in [-0.1, -0.05) is 60.3 Å². The summed E-state index contributed by atoms with van der Waals surface area (Å²) in [5.74, 6) is -0.244. The summed E-state index contributed by atoms with van der Waals surface area (Å²) in [6.45, 7) is 10.8. The second-order valence-corrected chi connectivity index (χ2v) is 6.99. The molecule has 0 saturated heterocycles. The molecule has 0 aliphatic heterocycles. The number of carbonyl (C=O) groups is 2. The van der Waals surface area contributed by atoms with Gasteiger partial charge in [-0.15, -0.1) is 0 Å². The minimum Gasteiger partial charge on any atom is -0.481 e. The summed E-state index contributed by atoms with van der Waals surface area (Å²) >= 11 is 0. The highest BCUT2D eigenvalue weighted by Crippen LogP contribution is 2.27. The van der Waals surface area contributed by atoms with E-state index in [1.54, 1.807) is 0 Å². The zero-order chi connectivity index (χ0) is 18.0. The van der Waals surface area contributed by atoms with E-state index in [2.05, 4.69) is 26.1 Å². The summed E-state index contributed by atoms with van der Waals surface area (Å²) in [4.78, 5) is 23.3. The van der Waals surface area contributed by atoms with E-state index >= 15 is 0 Å². The van der Waals surface area contributed by atoms with Crippen molar-refractivity contribution in [3.8, 4) is 0 Å². The number of carbonyl (C=O) groups excluding carboxylic acids is 1. The Kier molecular flexibility index (Phi) is 10.9. The summed E-state index contributed by atoms with van der Waals surface area (Å²) in [5.41, 5.74) is 5.93. The molecular formula is C18H36N2O3. The molecule has 4 N–H and O–H groups in total. The quantitative estimate of drug-likeness (QED) is 0.513. The molecule has 0 aromatic rings. The Morgan fingerprint density at radius 1 is 1.13 bits per heavy atom. The van der Waals surface area contributed by atoms with Crippen molar-refractivity contribution in [3.05, 3.63) is 0 Å². The number of amides is 1. The number of aliphatic carboxylic acids is 1. The number of unbranched alkanes of at least 4 members (excludes halogenated alkanes) is 1. The van der Waals surface area contributed by atoms with Crippen LogP contribution in [0.1, 0.15) is 66.7 Å². The first-order valence-corrected chi connectivity index (χ1v) is 8.99. The predicted octanol–water partition coefficient (Wildman–Crippen LogP) is 3.03. The molecule has 136 valence electrons. The van der Waals surface area contributed by atoms with Gasteiger partial charge in [0, 0.05) is 6.54 Å². The van der Waals surface area contributed by atoms with Crippen LogP contribution in [0.3, 0.4) is 0 Å². The van der Waals surface area contributed by atoms with Gasteiger partial charge < -0.3 is 16.2 Å². The van der Waals surface area contributed by atoms with Crippen molar-refractivity contribution in [1.29, 1.82) is 0 Å². The van der Waals surface area contributed by atoms with Crippen molar-refractivity contribution in [3.63, 3.8) is 0 Å². The van der Waals surface area contributed by atoms with E-state index in [0.717, 1.165) is 25.7 Å². The summed E-state index contributed by atoms with van der Waals surface area (Å²) in [6.07, 6.45) is 4.31. The monoisotopic (exact) mass is 328 g/mol. The van der Waals surface area contributed by atoms with Gasteiger partial charge in [-0.2, -0.15) is 0 Å². The van der Waals surface area contributed by atoms with E-state index < -0.39 is 12.0 Å². The smallest absolute Gasteiger partial charge is 0.303 e. The van der Waals surface area contributed by atoms with E-state index in [-0.39, 0.29) is 30.1 Å². The van der Waals surface area contributed by atoms with Crippen LogP contribution in [0.15, 0.2) is 0 Å². The second-order valence-electron chi connectivity index (χ2n) is 6.99. The zero-order valence-corrected chi connectivity index (χ0v) is 15.5. The first-order chi connectivity index (χ1) is 10.7. The summed E-state index contributed by atoms with van der Waals surface area (Å²) < 4.78 is 0. The van der Waals surface area contributed by atoms with Crippen molar-refractivity contribution < 1.29 is 14.7 Å². The fraction of sp³-hybridized carbons (Fsp3) is 0.889. The molecule has 23 heavy (non-hydrogen) atoms. The summed E-state index contributed by atoms with van der Waals surface area (Å²) in [7, 11) is 0. The van der Waals surface area contributed by atoms with Crippen LogP contribution in [0.4, 0.5) is 0 Å². The topological polar surface area (TPSA) is 92.4 Å². The Bertz CT molecular complexity index is 360. The molecule has 0 fully saturated rings. The molecule has 1 amide bonds. The number of carboxylic acid groups (broad SMARTS) is 1. The maximum atomic E-state index is 12.1. The average Bonchev–Trinajstić information content (AvgIpc) is 2.53. The van der Waals surface area contributed by atoms with Gasteiger partial charge in [-0.3, -0.25) is 9.59 Å². The van der Waals surface area contributed by atoms with Gasteiger partial charge in [0.25, 0.3) is 0 Å². The lowest BCUT2D eigenvalue weighted by molar-refractivity contribution is -0.139. The maximum absolute atomic E-state index is 12.1. The van der Waals surface area contributed by atoms with Crippen molar-refractivity contribution in [1.82, 2.24) is 5.32 Å². The molecule has 0 aliphatic carbocycles. The van der Waals surface area contributed by atoms with Crippen molar-refractivity contribution >= 4 is 11.9 Å². The zero-order valence-electron chi connectivity index (χ0n) is 15.5. The molecule has 5 nitrogen and oxygen atoms in total. The highest BCUT2D eigenvalue weighted by molar-refractivity contribution is 5.81. The SMILES string of the molecule is CCCCC(C)C(C)C(CNC(=O)C(N)C(C)CC)CC(=O)O. The minimum atomic E-state index is -0.815. The first-order valence-electron chi connectivity index (χ1n) is 8.99. The lowest BCUT2D eigenvalue weighted by Crippen LogP contribution is -2.46. The average molecular weight is 328 g/mol. The van der Waals surface area contributed by atoms with Crippen LogP contribution in [-0.4, -0.2) is 29.6 Å². The maximum Gasteiger partial charge on any atom is 0.303 e. The molecule has 0 heterocycles. The molecule has 0 aliphatic rings. The largest absolute Gasteiger partial charge is 0.481 e. The molecule has 0 saturated carbocycles. The van der Waals surface area contributed by atoms with E-state index in [1.807, 2.05) is 13.8 Å². The molecule has 5 unspecified atom stereocenters. The summed E-state index contributed by atoms with van der Waals surface area (Å²) in [5, 5.41) is 12.0. The lowest BCUT2D eigenvalue weighted by Gasteiger charge is -2.29. The lowest BCUT2D eigenvalue weighted by atomic mass is 9.79. The van der Waals surface area contributed by atoms with Crippen LogP contribution in [0.2, 0.25) is 0 Å². The molecule has 0 spiro atoms. The molecule has 5 heteroatoms. The van der Waals surface area contributed by atoms with Gasteiger partial charge in [-0.05, 0) is 23.7 Å². The molecule has 5 atom stereocenters. The minimum absolute atomic E-state index is 0.0626. The van der Waals surface area contributed by atoms with Gasteiger partial charge in [-0.25, -0.2) is 0 Å². The van der Waals surface area contributed by atoms with Gasteiger partial charge in [0.15, 0.2) is 0 Å². The molecule has 0 rings (SSSR count). The summed E-state index contributed by atoms with van der Waals surface area (Å²) in [6, 6.07) is -0.529. The number of hydrogen-bond acceptors (Lipinski definition) is 3. The molecule has 0 radical (unpaired) electrons. The Balaban J connectivity index is 4.66. The van der Waals surface area contributed by atoms with Crippen LogP contribution in [0, 0.1) is 23.7 Å². The fourth-order valence-electron chi connectivity index (χ4n) is 2.78. The van der Waals surface area contributed by atoms with Gasteiger partial charge >= 0.3 is 5.97 Å². The third-order valence-corrected chi connectivity index (χ3v) is 5.19. The van der Waals surface area contributed by atoms with Gasteiger partial charge in [0.05, 0.1) is 12.5 Å². The Morgan fingerprint density at radius 2 is 1.74 bits per heavy atom. The van der Waals surface area contributed by atoms with Crippen LogP contribution in [-0.2, 0) is 9.59 Å². The standard InChI is InChI=1S/C18H36N2O3/c1-6-8-9-13(4)14(5)15(10-16(21)22)11-20-18(23)17(19)12(3)7-2/h12-15,17H,6-11,19H2,1-5H3,(H,20,23)(H,21,22). The Morgan fingerprint density at radius 3 is 2.22 bits per heavy atom. The number of nitrogens with one attached hydrogen (secondary N) is 1. The molecule has 0 bridgehead atoms. The van der Waals surface area contributed by atoms with Crippen molar-refractivity contribution in [2.45, 2.75) is 72.8 Å². The molecular weight excluding hydrogens is 292 g/mol. The van der Waals surface area contributed by atoms with Crippen LogP contribution >= 0.6 is 0 Å². The highest BCUT2D eigenvalue weighted by atomic mass is 16.4. The van der Waals surface area contributed by atoms with E-state index in [4.69, 9.17) is 10.8 Å². The van der Waals surface area contributed by atoms with E-state index in [1.165, 1.54) is 0 Å². The van der Waals surface area contributed by atoms with Crippen molar-refractivity contribution in [2.24, 2.45) is 29.4 Å². The third-order valence-electron chi connectivity index (χ3n) is 5.19. The predicted molar refractivity (Wildman–Crippen MR) is 94.0 cm³/mol. The number of rotatable bonds is 12. The second kappa shape index (κ2) is 11.4. The van der Waals surface area contributed by atoms with E-state index in [9.17, 15) is 9.59 Å². The Labute approximate surface area is 141 Å². The third kappa shape index (κ3) is 8.35. The molecule has 0 aromatic carbocycles. The fourth-order valence-corrected chi connectivity index (χ4v) is 2.78. The normalized spacial score (nSPS) is 17.8. The number of carboxylic acids is 1. The number of hydrogen-bond donors (Lipinski definition) is 3. The van der Waals surface area contributed by atoms with Crippen LogP contribution in [0.5, 0.6) is 0 Å². The Hall–Kier alpha value is -1.10. The first kappa shape index (κ1) is 21.9. The highest BCUT2D eigenvalue weighted by Gasteiger charge is 2.27. The van der Waals surface area contributed by atoms with E-state index in [0.29, 0.717) is 12.5 Å². The van der Waals surface area contributed by atoms with Crippen LogP contribution < -0.4 is 11.1 Å². The molecule has 0 aromatic heterocycles. The van der Waals surface area contributed by atoms with Gasteiger partial charge in [0.2, 0.25) is 5.91 Å². The van der Waals surface area contributed by atoms with Crippen molar-refractivity contribution in [2.75, 3.05) is 6.54 Å². The van der Waals surface area contributed by atoms with Crippen LogP contribution in [0.25, 0.3) is 0 Å². The van der Waals surface area contributed by atoms with Gasteiger partial charge in [0.1, 0.15) is 0 Å².